The van der Waals surface area contributed by atoms with Gasteiger partial charge in [-0.3, -0.25) is 4.79 Å². The fourth-order valence-corrected chi connectivity index (χ4v) is 2.31. The number of aryl methyl sites for hydroxylation is 2. The maximum atomic E-state index is 11.2. The first-order chi connectivity index (χ1) is 8.42. The molecule has 0 amide bonds. The molecule has 0 saturated heterocycles. The highest BCUT2D eigenvalue weighted by molar-refractivity contribution is 5.71. The summed E-state index contributed by atoms with van der Waals surface area (Å²) in [4.78, 5) is 11.2. The summed E-state index contributed by atoms with van der Waals surface area (Å²) in [6.07, 6.45) is 0. The van der Waals surface area contributed by atoms with E-state index in [1.54, 1.807) is 21.1 Å². The van der Waals surface area contributed by atoms with E-state index in [2.05, 4.69) is 5.32 Å². The zero-order chi connectivity index (χ0) is 13.9. The lowest BCUT2D eigenvalue weighted by atomic mass is 9.91. The highest BCUT2D eigenvalue weighted by Crippen LogP contribution is 2.33. The topological polar surface area (TPSA) is 58.6 Å². The summed E-state index contributed by atoms with van der Waals surface area (Å²) in [6, 6.07) is 3.74. The van der Waals surface area contributed by atoms with Gasteiger partial charge in [0.15, 0.2) is 0 Å². The number of hydrogen-bond donors (Lipinski definition) is 2. The van der Waals surface area contributed by atoms with E-state index in [0.717, 1.165) is 22.4 Å². The van der Waals surface area contributed by atoms with Crippen molar-refractivity contribution < 1.29 is 14.6 Å². The minimum absolute atomic E-state index is 0.268. The molecule has 0 radical (unpaired) electrons. The van der Waals surface area contributed by atoms with Gasteiger partial charge in [-0.05, 0) is 26.5 Å². The normalized spacial score (nSPS) is 14.1. The average molecular weight is 251 g/mol. The molecule has 1 rings (SSSR count). The van der Waals surface area contributed by atoms with Crippen LogP contribution in [0.5, 0.6) is 5.75 Å². The van der Waals surface area contributed by atoms with Gasteiger partial charge in [0.25, 0.3) is 0 Å². The Morgan fingerprint density at radius 2 is 2.00 bits per heavy atom. The number of nitrogens with one attached hydrogen (secondary N) is 1. The molecular weight excluding hydrogens is 230 g/mol. The molecule has 0 bridgehead atoms. The fourth-order valence-electron chi connectivity index (χ4n) is 2.31. The molecule has 100 valence electrons. The molecule has 0 heterocycles. The summed E-state index contributed by atoms with van der Waals surface area (Å²) in [5.74, 6) is -0.589. The van der Waals surface area contributed by atoms with Gasteiger partial charge in [-0.1, -0.05) is 24.6 Å². The largest absolute Gasteiger partial charge is 0.496 e. The predicted octanol–water partition coefficient (Wildman–Crippen LogP) is 2.29. The number of benzene rings is 1. The number of carboxylic acid groups (broad SMARTS) is 1. The van der Waals surface area contributed by atoms with Crippen molar-refractivity contribution >= 4 is 5.97 Å². The average Bonchev–Trinajstić information content (AvgIpc) is 2.29. The molecule has 0 spiro atoms. The summed E-state index contributed by atoms with van der Waals surface area (Å²) in [7, 11) is 3.38. The van der Waals surface area contributed by atoms with Crippen LogP contribution in [0.1, 0.15) is 29.7 Å². The van der Waals surface area contributed by atoms with Crippen LogP contribution in [0.4, 0.5) is 0 Å². The Morgan fingerprint density at radius 1 is 1.39 bits per heavy atom. The van der Waals surface area contributed by atoms with Crippen LogP contribution in [0.3, 0.4) is 0 Å². The monoisotopic (exact) mass is 251 g/mol. The van der Waals surface area contributed by atoms with Gasteiger partial charge in [0.1, 0.15) is 5.75 Å². The van der Waals surface area contributed by atoms with Gasteiger partial charge in [-0.2, -0.15) is 0 Å². The Bertz CT molecular complexity index is 443. The Hall–Kier alpha value is -1.55. The summed E-state index contributed by atoms with van der Waals surface area (Å²) >= 11 is 0. The summed E-state index contributed by atoms with van der Waals surface area (Å²) in [5, 5.41) is 12.2. The van der Waals surface area contributed by atoms with Gasteiger partial charge < -0.3 is 15.2 Å². The first-order valence-corrected chi connectivity index (χ1v) is 5.97. The molecule has 18 heavy (non-hydrogen) atoms. The van der Waals surface area contributed by atoms with Crippen molar-refractivity contribution in [2.45, 2.75) is 26.8 Å². The molecule has 0 fully saturated rings. The zero-order valence-corrected chi connectivity index (χ0v) is 11.6. The third-order valence-corrected chi connectivity index (χ3v) is 3.19. The maximum absolute atomic E-state index is 11.2. The highest BCUT2D eigenvalue weighted by Gasteiger charge is 2.27. The Labute approximate surface area is 108 Å². The van der Waals surface area contributed by atoms with Crippen molar-refractivity contribution in [3.8, 4) is 5.75 Å². The lowest BCUT2D eigenvalue weighted by molar-refractivity contribution is -0.142. The van der Waals surface area contributed by atoms with Gasteiger partial charge in [-0.25, -0.2) is 0 Å². The van der Waals surface area contributed by atoms with E-state index >= 15 is 0 Å². The van der Waals surface area contributed by atoms with Crippen molar-refractivity contribution in [2.75, 3.05) is 14.2 Å². The molecule has 0 saturated carbocycles. The third kappa shape index (κ3) is 2.82. The van der Waals surface area contributed by atoms with Crippen molar-refractivity contribution in [3.05, 3.63) is 28.8 Å². The molecule has 4 heteroatoms. The van der Waals surface area contributed by atoms with E-state index in [0.29, 0.717) is 0 Å². The molecule has 2 N–H and O–H groups in total. The Kier molecular flexibility index (Phi) is 4.73. The molecular formula is C14H21NO3. The minimum Gasteiger partial charge on any atom is -0.496 e. The van der Waals surface area contributed by atoms with Crippen molar-refractivity contribution in [3.63, 3.8) is 0 Å². The van der Waals surface area contributed by atoms with Gasteiger partial charge in [-0.15, -0.1) is 0 Å². The molecule has 0 aromatic heterocycles. The molecule has 0 aliphatic carbocycles. The molecule has 1 aromatic rings. The predicted molar refractivity (Wildman–Crippen MR) is 71.1 cm³/mol. The van der Waals surface area contributed by atoms with Crippen LogP contribution in [0.15, 0.2) is 12.1 Å². The van der Waals surface area contributed by atoms with Crippen molar-refractivity contribution in [1.29, 1.82) is 0 Å². The van der Waals surface area contributed by atoms with Crippen LogP contribution in [0, 0.1) is 19.8 Å². The fraction of sp³-hybridized carbons (Fsp3) is 0.500. The van der Waals surface area contributed by atoms with Crippen LogP contribution in [0.25, 0.3) is 0 Å². The third-order valence-electron chi connectivity index (χ3n) is 3.19. The van der Waals surface area contributed by atoms with Crippen LogP contribution in [0.2, 0.25) is 0 Å². The number of hydrogen-bond acceptors (Lipinski definition) is 3. The van der Waals surface area contributed by atoms with E-state index in [-0.39, 0.29) is 6.04 Å². The molecule has 2 atom stereocenters. The Morgan fingerprint density at radius 3 is 2.44 bits per heavy atom. The lowest BCUT2D eigenvalue weighted by Gasteiger charge is -2.24. The molecule has 4 nitrogen and oxygen atoms in total. The number of ether oxygens (including phenoxy) is 1. The quantitative estimate of drug-likeness (QED) is 0.843. The van der Waals surface area contributed by atoms with E-state index in [1.165, 1.54) is 0 Å². The number of rotatable bonds is 5. The minimum atomic E-state index is -0.824. The first kappa shape index (κ1) is 14.5. The second kappa shape index (κ2) is 5.87. The number of carboxylic acids is 1. The second-order valence-corrected chi connectivity index (χ2v) is 4.60. The van der Waals surface area contributed by atoms with Crippen LogP contribution in [-0.2, 0) is 4.79 Å². The van der Waals surface area contributed by atoms with Crippen molar-refractivity contribution in [1.82, 2.24) is 5.32 Å². The molecule has 2 unspecified atom stereocenters. The van der Waals surface area contributed by atoms with E-state index in [9.17, 15) is 4.79 Å². The van der Waals surface area contributed by atoms with Gasteiger partial charge in [0.2, 0.25) is 0 Å². The second-order valence-electron chi connectivity index (χ2n) is 4.60. The van der Waals surface area contributed by atoms with Gasteiger partial charge in [0, 0.05) is 11.6 Å². The van der Waals surface area contributed by atoms with Crippen LogP contribution >= 0.6 is 0 Å². The number of aliphatic carboxylic acids is 1. The Balaban J connectivity index is 3.32. The van der Waals surface area contributed by atoms with Crippen LogP contribution < -0.4 is 10.1 Å². The molecule has 0 aliphatic rings. The number of carbonyl (C=O) groups is 1. The highest BCUT2D eigenvalue weighted by atomic mass is 16.5. The smallest absolute Gasteiger partial charge is 0.308 e. The lowest BCUT2D eigenvalue weighted by Crippen LogP contribution is -2.29. The molecule has 0 aliphatic heterocycles. The van der Waals surface area contributed by atoms with Crippen molar-refractivity contribution in [2.24, 2.45) is 5.92 Å². The van der Waals surface area contributed by atoms with E-state index < -0.39 is 11.9 Å². The maximum Gasteiger partial charge on any atom is 0.308 e. The SMILES string of the molecule is CNC(c1cc(C)cc(C)c1OC)C(C)C(=O)O. The zero-order valence-electron chi connectivity index (χ0n) is 11.6. The van der Waals surface area contributed by atoms with Crippen LogP contribution in [-0.4, -0.2) is 25.2 Å². The van der Waals surface area contributed by atoms with E-state index in [1.807, 2.05) is 26.0 Å². The first-order valence-electron chi connectivity index (χ1n) is 5.97. The number of methoxy groups -OCH3 is 1. The van der Waals surface area contributed by atoms with Gasteiger partial charge >= 0.3 is 5.97 Å². The van der Waals surface area contributed by atoms with Gasteiger partial charge in [0.05, 0.1) is 13.0 Å². The summed E-state index contributed by atoms with van der Waals surface area (Å²) < 4.78 is 5.41. The summed E-state index contributed by atoms with van der Waals surface area (Å²) in [5.41, 5.74) is 3.01. The summed E-state index contributed by atoms with van der Waals surface area (Å²) in [6.45, 7) is 5.65. The van der Waals surface area contributed by atoms with E-state index in [4.69, 9.17) is 9.84 Å². The standard InChI is InChI=1S/C14H21NO3/c1-8-6-9(2)13(18-5)11(7-8)12(15-4)10(3)14(16)17/h6-7,10,12,15H,1-5H3,(H,16,17). The molecule has 1 aromatic carbocycles.